The van der Waals surface area contributed by atoms with Gasteiger partial charge in [-0.2, -0.15) is 16.9 Å². The standard InChI is InChI=1S/C23H21ClN4O2S/c1-14-2-6-17(7-3-14)27-11-15(10-21(27)29)23(30)25-22-19-12-31-13-20(19)26-28(22)18-8-4-16(24)5-9-18/h2-9,15H,10-13H2,1H3,(H,25,30). The Hall–Kier alpha value is -2.77. The molecule has 2 aliphatic rings. The second-order valence-corrected chi connectivity index (χ2v) is 9.31. The van der Waals surface area contributed by atoms with E-state index in [0.717, 1.165) is 39.7 Å². The van der Waals surface area contributed by atoms with Gasteiger partial charge in [0.15, 0.2) is 0 Å². The van der Waals surface area contributed by atoms with E-state index >= 15 is 0 Å². The highest BCUT2D eigenvalue weighted by Gasteiger charge is 2.36. The lowest BCUT2D eigenvalue weighted by atomic mass is 10.1. The number of aryl methyl sites for hydroxylation is 1. The first-order chi connectivity index (χ1) is 15.0. The maximum Gasteiger partial charge on any atom is 0.230 e. The number of rotatable bonds is 4. The first-order valence-corrected chi connectivity index (χ1v) is 11.7. The molecule has 2 aliphatic heterocycles. The van der Waals surface area contributed by atoms with Crippen LogP contribution >= 0.6 is 23.4 Å². The van der Waals surface area contributed by atoms with Crippen LogP contribution in [0.4, 0.5) is 11.5 Å². The molecule has 0 spiro atoms. The molecule has 5 rings (SSSR count). The van der Waals surface area contributed by atoms with Gasteiger partial charge in [0.05, 0.1) is 17.3 Å². The Morgan fingerprint density at radius 3 is 2.55 bits per heavy atom. The van der Waals surface area contributed by atoms with E-state index in [2.05, 4.69) is 5.32 Å². The van der Waals surface area contributed by atoms with Crippen molar-refractivity contribution in [1.82, 2.24) is 9.78 Å². The maximum atomic E-state index is 13.2. The van der Waals surface area contributed by atoms with Crippen molar-refractivity contribution in [2.24, 2.45) is 5.92 Å². The molecule has 1 atom stereocenters. The number of anilines is 2. The number of nitrogens with one attached hydrogen (secondary N) is 1. The number of hydrogen-bond acceptors (Lipinski definition) is 4. The van der Waals surface area contributed by atoms with Crippen molar-refractivity contribution in [2.75, 3.05) is 16.8 Å². The molecule has 1 saturated heterocycles. The normalized spacial score (nSPS) is 17.8. The number of hydrogen-bond donors (Lipinski definition) is 1. The average Bonchev–Trinajstić information content (AvgIpc) is 3.45. The van der Waals surface area contributed by atoms with Crippen molar-refractivity contribution >= 4 is 46.7 Å². The molecule has 31 heavy (non-hydrogen) atoms. The second kappa shape index (κ2) is 8.05. The van der Waals surface area contributed by atoms with Crippen LogP contribution in [-0.4, -0.2) is 28.1 Å². The Morgan fingerprint density at radius 2 is 1.81 bits per heavy atom. The van der Waals surface area contributed by atoms with Crippen LogP contribution in [0.15, 0.2) is 48.5 Å². The first kappa shape index (κ1) is 20.2. The fourth-order valence-corrected chi connectivity index (χ4v) is 5.15. The summed E-state index contributed by atoms with van der Waals surface area (Å²) in [4.78, 5) is 27.5. The fraction of sp³-hybridized carbons (Fsp3) is 0.261. The molecule has 0 aliphatic carbocycles. The molecular formula is C23H21ClN4O2S. The maximum absolute atomic E-state index is 13.2. The number of fused-ring (bicyclic) bond motifs is 1. The highest BCUT2D eigenvalue weighted by atomic mass is 35.5. The third kappa shape index (κ3) is 3.83. The zero-order valence-electron chi connectivity index (χ0n) is 17.0. The zero-order chi connectivity index (χ0) is 21.5. The highest BCUT2D eigenvalue weighted by Crippen LogP contribution is 2.37. The molecule has 3 aromatic rings. The summed E-state index contributed by atoms with van der Waals surface area (Å²) in [5.41, 5.74) is 4.83. The van der Waals surface area contributed by atoms with Gasteiger partial charge in [-0.15, -0.1) is 0 Å². The first-order valence-electron chi connectivity index (χ1n) is 10.1. The smallest absolute Gasteiger partial charge is 0.230 e. The Bertz CT molecular complexity index is 1160. The molecule has 0 radical (unpaired) electrons. The largest absolute Gasteiger partial charge is 0.312 e. The minimum Gasteiger partial charge on any atom is -0.312 e. The lowest BCUT2D eigenvalue weighted by Gasteiger charge is -2.17. The van der Waals surface area contributed by atoms with Crippen LogP contribution in [0.5, 0.6) is 0 Å². The van der Waals surface area contributed by atoms with Gasteiger partial charge >= 0.3 is 0 Å². The summed E-state index contributed by atoms with van der Waals surface area (Å²) in [5.74, 6) is 1.72. The van der Waals surface area contributed by atoms with Gasteiger partial charge in [-0.1, -0.05) is 29.3 Å². The van der Waals surface area contributed by atoms with Crippen LogP contribution < -0.4 is 10.2 Å². The Balaban J connectivity index is 1.39. The van der Waals surface area contributed by atoms with Gasteiger partial charge < -0.3 is 10.2 Å². The summed E-state index contributed by atoms with van der Waals surface area (Å²) < 4.78 is 1.77. The predicted octanol–water partition coefficient (Wildman–Crippen LogP) is 4.57. The number of halogens is 1. The van der Waals surface area contributed by atoms with Gasteiger partial charge in [0, 0.05) is 40.7 Å². The molecule has 3 heterocycles. The minimum atomic E-state index is -0.410. The van der Waals surface area contributed by atoms with Crippen molar-refractivity contribution in [3.63, 3.8) is 0 Å². The number of carbonyl (C=O) groups excluding carboxylic acids is 2. The molecule has 8 heteroatoms. The van der Waals surface area contributed by atoms with Gasteiger partial charge in [-0.3, -0.25) is 9.59 Å². The molecular weight excluding hydrogens is 432 g/mol. The SMILES string of the molecule is Cc1ccc(N2CC(C(=O)Nc3c4c(nn3-c3ccc(Cl)cc3)CSC4)CC2=O)cc1. The number of carbonyl (C=O) groups is 2. The van der Waals surface area contributed by atoms with Crippen molar-refractivity contribution in [1.29, 1.82) is 0 Å². The Kier molecular flexibility index (Phi) is 5.24. The molecule has 0 saturated carbocycles. The molecule has 1 N–H and O–H groups in total. The van der Waals surface area contributed by atoms with E-state index in [-0.39, 0.29) is 18.2 Å². The number of nitrogens with zero attached hydrogens (tertiary/aromatic N) is 3. The van der Waals surface area contributed by atoms with Crippen molar-refractivity contribution < 1.29 is 9.59 Å². The molecule has 1 aromatic heterocycles. The molecule has 158 valence electrons. The third-order valence-corrected chi connectivity index (χ3v) is 6.93. The van der Waals surface area contributed by atoms with E-state index in [1.165, 1.54) is 0 Å². The molecule has 2 aromatic carbocycles. The Labute approximate surface area is 189 Å². The molecule has 6 nitrogen and oxygen atoms in total. The molecule has 1 fully saturated rings. The number of thioether (sulfide) groups is 1. The topological polar surface area (TPSA) is 67.2 Å². The van der Waals surface area contributed by atoms with E-state index in [4.69, 9.17) is 16.7 Å². The van der Waals surface area contributed by atoms with Crippen LogP contribution in [0.3, 0.4) is 0 Å². The van der Waals surface area contributed by atoms with Crippen LogP contribution in [-0.2, 0) is 21.1 Å². The van der Waals surface area contributed by atoms with E-state index in [0.29, 0.717) is 17.4 Å². The number of aromatic nitrogens is 2. The summed E-state index contributed by atoms with van der Waals surface area (Å²) in [5, 5.41) is 8.44. The van der Waals surface area contributed by atoms with E-state index in [9.17, 15) is 9.59 Å². The lowest BCUT2D eigenvalue weighted by molar-refractivity contribution is -0.122. The van der Waals surface area contributed by atoms with E-state index in [1.54, 1.807) is 33.5 Å². The number of amides is 2. The van der Waals surface area contributed by atoms with Crippen LogP contribution in [0, 0.1) is 12.8 Å². The fourth-order valence-electron chi connectivity index (χ4n) is 3.99. The Morgan fingerprint density at radius 1 is 1.10 bits per heavy atom. The van der Waals surface area contributed by atoms with E-state index in [1.807, 2.05) is 43.3 Å². The molecule has 0 bridgehead atoms. The summed E-state index contributed by atoms with van der Waals surface area (Å²) in [6, 6.07) is 15.2. The molecule has 2 amide bonds. The van der Waals surface area contributed by atoms with E-state index < -0.39 is 5.92 Å². The van der Waals surface area contributed by atoms with Gasteiger partial charge in [-0.25, -0.2) is 4.68 Å². The van der Waals surface area contributed by atoms with Crippen LogP contribution in [0.1, 0.15) is 23.2 Å². The van der Waals surface area contributed by atoms with Crippen LogP contribution in [0.2, 0.25) is 5.02 Å². The summed E-state index contributed by atoms with van der Waals surface area (Å²) in [6.07, 6.45) is 0.200. The van der Waals surface area contributed by atoms with Crippen molar-refractivity contribution in [3.05, 3.63) is 70.4 Å². The van der Waals surface area contributed by atoms with Crippen LogP contribution in [0.25, 0.3) is 5.69 Å². The molecule has 1 unspecified atom stereocenters. The highest BCUT2D eigenvalue weighted by molar-refractivity contribution is 7.98. The summed E-state index contributed by atoms with van der Waals surface area (Å²) >= 11 is 7.81. The van der Waals surface area contributed by atoms with Gasteiger partial charge in [0.1, 0.15) is 5.82 Å². The second-order valence-electron chi connectivity index (χ2n) is 7.89. The van der Waals surface area contributed by atoms with Crippen molar-refractivity contribution in [3.8, 4) is 5.69 Å². The van der Waals surface area contributed by atoms with Gasteiger partial charge in [0.25, 0.3) is 0 Å². The number of benzene rings is 2. The van der Waals surface area contributed by atoms with Gasteiger partial charge in [-0.05, 0) is 43.3 Å². The summed E-state index contributed by atoms with van der Waals surface area (Å²) in [7, 11) is 0. The zero-order valence-corrected chi connectivity index (χ0v) is 18.5. The monoisotopic (exact) mass is 452 g/mol. The summed E-state index contributed by atoms with van der Waals surface area (Å²) in [6.45, 7) is 2.38. The minimum absolute atomic E-state index is 0.0315. The van der Waals surface area contributed by atoms with Crippen molar-refractivity contribution in [2.45, 2.75) is 24.9 Å². The lowest BCUT2D eigenvalue weighted by Crippen LogP contribution is -2.28. The van der Waals surface area contributed by atoms with Gasteiger partial charge in [0.2, 0.25) is 11.8 Å². The third-order valence-electron chi connectivity index (χ3n) is 5.71. The average molecular weight is 453 g/mol. The predicted molar refractivity (Wildman–Crippen MR) is 124 cm³/mol. The quantitative estimate of drug-likeness (QED) is 0.629.